The highest BCUT2D eigenvalue weighted by Gasteiger charge is 2.30. The lowest BCUT2D eigenvalue weighted by atomic mass is 9.93. The molecule has 0 aliphatic heterocycles. The van der Waals surface area contributed by atoms with Crippen LogP contribution in [0.25, 0.3) is 10.8 Å². The molecule has 0 saturated heterocycles. The zero-order valence-electron chi connectivity index (χ0n) is 20.3. The second-order valence-corrected chi connectivity index (χ2v) is 9.44. The van der Waals surface area contributed by atoms with E-state index in [-0.39, 0.29) is 33.5 Å². The van der Waals surface area contributed by atoms with E-state index in [0.29, 0.717) is 6.42 Å². The zero-order chi connectivity index (χ0) is 23.8. The van der Waals surface area contributed by atoms with Gasteiger partial charge in [-0.25, -0.2) is 0 Å². The molecule has 1 amide bonds. The summed E-state index contributed by atoms with van der Waals surface area (Å²) < 4.78 is 0. The zero-order valence-corrected chi connectivity index (χ0v) is 21.1. The third-order valence-corrected chi connectivity index (χ3v) is 6.13. The Kier molecular flexibility index (Phi) is 14.8. The van der Waals surface area contributed by atoms with E-state index in [9.17, 15) is 4.79 Å². The molecule has 3 N–H and O–H groups in total. The van der Waals surface area contributed by atoms with Crippen LogP contribution in [0.1, 0.15) is 74.5 Å². The number of hydrogen-bond donors (Lipinski definition) is 2. The highest BCUT2D eigenvalue weighted by atomic mass is 32.2. The van der Waals surface area contributed by atoms with Crippen LogP contribution in [0.4, 0.5) is 0 Å². The Morgan fingerprint density at radius 3 is 2.36 bits per heavy atom. The number of benzene rings is 2. The van der Waals surface area contributed by atoms with E-state index >= 15 is 0 Å². The first kappa shape index (κ1) is 33.0. The van der Waals surface area contributed by atoms with E-state index in [2.05, 4.69) is 36.4 Å². The minimum absolute atomic E-state index is 0. The van der Waals surface area contributed by atoms with Crippen LogP contribution in [0.15, 0.2) is 42.0 Å². The van der Waals surface area contributed by atoms with Gasteiger partial charge in [-0.05, 0) is 81.3 Å². The summed E-state index contributed by atoms with van der Waals surface area (Å²) in [6.07, 6.45) is 10.2. The fourth-order valence-corrected chi connectivity index (χ4v) is 4.02. The predicted molar refractivity (Wildman–Crippen MR) is 154 cm³/mol. The van der Waals surface area contributed by atoms with Crippen molar-refractivity contribution in [3.63, 3.8) is 0 Å². The molecule has 0 aliphatic rings. The van der Waals surface area contributed by atoms with Crippen molar-refractivity contribution in [3.05, 3.63) is 58.7 Å². The van der Waals surface area contributed by atoms with E-state index in [1.165, 1.54) is 10.9 Å². The maximum Gasteiger partial charge on any atom is 0.233 e. The number of nitrogens with one attached hydrogen (secondary N) is 1. The summed E-state index contributed by atoms with van der Waals surface area (Å²) in [5, 5.41) is 5.25. The normalized spacial score (nSPS) is 12.0. The van der Waals surface area contributed by atoms with Crippen LogP contribution in [-0.2, 0) is 11.2 Å². The van der Waals surface area contributed by atoms with Crippen molar-refractivity contribution in [2.75, 3.05) is 6.26 Å². The molecule has 2 rings (SSSR count). The molecule has 2 unspecified atom stereocenters. The van der Waals surface area contributed by atoms with Crippen LogP contribution in [0.5, 0.6) is 0 Å². The quantitative estimate of drug-likeness (QED) is 0.333. The molecule has 0 aliphatic carbocycles. The van der Waals surface area contributed by atoms with Crippen LogP contribution in [0, 0.1) is 19.3 Å². The number of fused-ring (bicyclic) bond motifs is 1. The summed E-state index contributed by atoms with van der Waals surface area (Å²) in [6.45, 7) is 14.0. The van der Waals surface area contributed by atoms with Gasteiger partial charge in [0.05, 0.1) is 10.8 Å². The van der Waals surface area contributed by atoms with E-state index < -0.39 is 5.54 Å². The Morgan fingerprint density at radius 2 is 1.85 bits per heavy atom. The van der Waals surface area contributed by atoms with Gasteiger partial charge in [0.2, 0.25) is 5.91 Å². The lowest BCUT2D eigenvalue weighted by molar-refractivity contribution is -0.122. The number of rotatable bonds is 7. The van der Waals surface area contributed by atoms with Gasteiger partial charge in [0.1, 0.15) is 0 Å². The van der Waals surface area contributed by atoms with Crippen molar-refractivity contribution in [3.8, 4) is 12.3 Å². The monoisotopic (exact) mass is 472 g/mol. The van der Waals surface area contributed by atoms with Gasteiger partial charge >= 0.3 is 0 Å². The standard InChI is InChI=1S/C25H32N2OS.C2H6.2CH4.H2/c1-8-18-9-10-21-17(4)12-19(14-20(21)13-18)15-22(29-7)24(28)27-25(5,6)23(26)11-16(2)3;1-2;;;/h1,9-14,22-23H,15,26H2,2-7H3,(H,27,28);1-2H3;2*1H4;1H. The molecule has 0 radical (unpaired) electrons. The summed E-state index contributed by atoms with van der Waals surface area (Å²) >= 11 is 1.56. The van der Waals surface area contributed by atoms with Gasteiger partial charge in [-0.3, -0.25) is 4.79 Å². The maximum absolute atomic E-state index is 13.0. The third kappa shape index (κ3) is 9.27. The Balaban J connectivity index is -0.00000187. The second kappa shape index (κ2) is 14.8. The molecule has 2 aromatic rings. The summed E-state index contributed by atoms with van der Waals surface area (Å²) in [5.74, 6) is 2.70. The maximum atomic E-state index is 13.0. The van der Waals surface area contributed by atoms with Crippen molar-refractivity contribution < 1.29 is 6.22 Å². The van der Waals surface area contributed by atoms with Gasteiger partial charge in [0.15, 0.2) is 0 Å². The van der Waals surface area contributed by atoms with Crippen LogP contribution in [0.3, 0.4) is 0 Å². The summed E-state index contributed by atoms with van der Waals surface area (Å²) in [4.78, 5) is 13.0. The number of carbonyl (C=O) groups excluding carboxylic acids is 1. The molecule has 0 bridgehead atoms. The average molecular weight is 473 g/mol. The molecule has 2 aromatic carbocycles. The van der Waals surface area contributed by atoms with E-state index in [0.717, 1.165) is 22.1 Å². The van der Waals surface area contributed by atoms with Gasteiger partial charge in [-0.15, -0.1) is 6.42 Å². The molecular weight excluding hydrogens is 424 g/mol. The summed E-state index contributed by atoms with van der Waals surface area (Å²) in [5.41, 5.74) is 10.1. The number of amides is 1. The number of terminal acetylenes is 1. The summed E-state index contributed by atoms with van der Waals surface area (Å²) in [6, 6.07) is 10.1. The first-order valence-electron chi connectivity index (χ1n) is 10.8. The van der Waals surface area contributed by atoms with E-state index in [4.69, 9.17) is 12.2 Å². The highest BCUT2D eigenvalue weighted by molar-refractivity contribution is 7.99. The van der Waals surface area contributed by atoms with Crippen molar-refractivity contribution in [1.29, 1.82) is 0 Å². The third-order valence-electron chi connectivity index (χ3n) is 5.18. The number of allylic oxidation sites excluding steroid dienone is 1. The highest BCUT2D eigenvalue weighted by Crippen LogP contribution is 2.25. The van der Waals surface area contributed by atoms with Gasteiger partial charge < -0.3 is 11.1 Å². The second-order valence-electron chi connectivity index (χ2n) is 8.40. The Hall–Kier alpha value is -2.22. The SMILES string of the molecule is C.C.C#Cc1ccc2c(C)cc(CC(SC)C(=O)NC(C)(C)C(N)C=C(C)C)cc2c1.CC.[HH]. The first-order valence-corrected chi connectivity index (χ1v) is 12.1. The molecule has 3 nitrogen and oxygen atoms in total. The van der Waals surface area contributed by atoms with Gasteiger partial charge in [0, 0.05) is 13.0 Å². The average Bonchev–Trinajstić information content (AvgIpc) is 2.72. The van der Waals surface area contributed by atoms with Crippen molar-refractivity contribution in [1.82, 2.24) is 5.32 Å². The molecular formula is C29H48N2OS. The molecule has 4 heteroatoms. The van der Waals surface area contributed by atoms with Crippen molar-refractivity contribution in [2.24, 2.45) is 5.73 Å². The van der Waals surface area contributed by atoms with Gasteiger partial charge in [-0.1, -0.05) is 64.5 Å². The van der Waals surface area contributed by atoms with Crippen LogP contribution in [0.2, 0.25) is 0 Å². The number of carbonyl (C=O) groups is 1. The molecule has 0 aromatic heterocycles. The molecule has 2 atom stereocenters. The number of nitrogens with two attached hydrogens (primary N) is 1. The van der Waals surface area contributed by atoms with E-state index in [1.807, 2.05) is 66.0 Å². The molecule has 0 heterocycles. The topological polar surface area (TPSA) is 55.1 Å². The minimum atomic E-state index is -0.524. The van der Waals surface area contributed by atoms with Gasteiger partial charge in [-0.2, -0.15) is 11.8 Å². The van der Waals surface area contributed by atoms with Crippen molar-refractivity contribution >= 4 is 28.4 Å². The van der Waals surface area contributed by atoms with E-state index in [1.54, 1.807) is 11.8 Å². The first-order chi connectivity index (χ1) is 14.6. The molecule has 0 fully saturated rings. The van der Waals surface area contributed by atoms with Crippen LogP contribution in [-0.4, -0.2) is 29.0 Å². The number of aryl methyl sites for hydroxylation is 1. The lowest BCUT2D eigenvalue weighted by Crippen LogP contribution is -2.57. The Morgan fingerprint density at radius 1 is 1.24 bits per heavy atom. The largest absolute Gasteiger partial charge is 0.348 e. The molecule has 0 saturated carbocycles. The molecule has 186 valence electrons. The van der Waals surface area contributed by atoms with Crippen molar-refractivity contribution in [2.45, 2.75) is 86.6 Å². The molecule has 33 heavy (non-hydrogen) atoms. The molecule has 0 spiro atoms. The van der Waals surface area contributed by atoms with Gasteiger partial charge in [0.25, 0.3) is 0 Å². The number of thioether (sulfide) groups is 1. The minimum Gasteiger partial charge on any atom is -0.348 e. The summed E-state index contributed by atoms with van der Waals surface area (Å²) in [7, 11) is 0. The Labute approximate surface area is 209 Å². The lowest BCUT2D eigenvalue weighted by Gasteiger charge is -2.32. The van der Waals surface area contributed by atoms with Crippen LogP contribution < -0.4 is 11.1 Å². The Bertz CT molecular complexity index is 972. The fourth-order valence-electron chi connectivity index (χ4n) is 3.39. The number of hydrogen-bond acceptors (Lipinski definition) is 3. The van der Waals surface area contributed by atoms with Crippen LogP contribution >= 0.6 is 11.8 Å². The smallest absolute Gasteiger partial charge is 0.233 e. The predicted octanol–water partition coefficient (Wildman–Crippen LogP) is 7.14. The fraction of sp³-hybridized carbons (Fsp3) is 0.483.